The van der Waals surface area contributed by atoms with Crippen LogP contribution < -0.4 is 5.32 Å². The summed E-state index contributed by atoms with van der Waals surface area (Å²) in [6.45, 7) is 3.65. The predicted molar refractivity (Wildman–Crippen MR) is 105 cm³/mol. The van der Waals surface area contributed by atoms with E-state index < -0.39 is 0 Å². The molecule has 0 aliphatic heterocycles. The summed E-state index contributed by atoms with van der Waals surface area (Å²) in [6.07, 6.45) is 4.62. The van der Waals surface area contributed by atoms with E-state index in [4.69, 9.17) is 4.42 Å². The number of halogens is 1. The smallest absolute Gasteiger partial charge is 0.277 e. The Bertz CT molecular complexity index is 985. The van der Waals surface area contributed by atoms with Crippen LogP contribution in [0.4, 0.5) is 10.1 Å². The lowest BCUT2D eigenvalue weighted by Gasteiger charge is -2.06. The number of aromatic nitrogens is 2. The molecular formula is C20H16FN3O2S. The number of hydrogen-bond donors (Lipinski definition) is 1. The van der Waals surface area contributed by atoms with Crippen molar-refractivity contribution in [1.29, 1.82) is 0 Å². The summed E-state index contributed by atoms with van der Waals surface area (Å²) >= 11 is 1.38. The second-order valence-electron chi connectivity index (χ2n) is 5.40. The highest BCUT2D eigenvalue weighted by molar-refractivity contribution is 7.99. The van der Waals surface area contributed by atoms with Crippen LogP contribution in [0.3, 0.4) is 0 Å². The summed E-state index contributed by atoms with van der Waals surface area (Å²) in [5.74, 6) is 0.258. The summed E-state index contributed by atoms with van der Waals surface area (Å²) in [4.78, 5) is 12.2. The Kier molecular flexibility index (Phi) is 6.17. The van der Waals surface area contributed by atoms with Gasteiger partial charge in [0, 0.05) is 11.8 Å². The van der Waals surface area contributed by atoms with E-state index in [9.17, 15) is 9.18 Å². The molecule has 1 heterocycles. The van der Waals surface area contributed by atoms with Gasteiger partial charge in [-0.2, -0.15) is 0 Å². The molecule has 0 fully saturated rings. The van der Waals surface area contributed by atoms with Gasteiger partial charge in [-0.15, -0.1) is 16.8 Å². The van der Waals surface area contributed by atoms with Crippen LogP contribution in [-0.4, -0.2) is 21.9 Å². The van der Waals surface area contributed by atoms with E-state index in [0.29, 0.717) is 33.7 Å². The highest BCUT2D eigenvalue weighted by atomic mass is 32.2. The molecule has 3 rings (SSSR count). The number of benzene rings is 2. The summed E-state index contributed by atoms with van der Waals surface area (Å²) in [7, 11) is 0. The van der Waals surface area contributed by atoms with Gasteiger partial charge in [0.1, 0.15) is 5.82 Å². The van der Waals surface area contributed by atoms with Gasteiger partial charge < -0.3 is 9.73 Å². The zero-order valence-electron chi connectivity index (χ0n) is 14.3. The molecule has 1 N–H and O–H groups in total. The van der Waals surface area contributed by atoms with Crippen molar-refractivity contribution in [3.05, 3.63) is 78.6 Å². The standard InChI is InChI=1S/C20H16FN3O2S/c1-2-12-27-20-24-23-19(26-20)16-8-3-4-9-17(16)22-18(25)11-10-14-6-5-7-15(21)13-14/h2-11,13H,1,12H2,(H,22,25)/b11-10+. The molecule has 5 nitrogen and oxygen atoms in total. The fourth-order valence-electron chi connectivity index (χ4n) is 2.24. The van der Waals surface area contributed by atoms with Crippen molar-refractivity contribution >= 4 is 29.4 Å². The first kappa shape index (κ1) is 18.6. The Morgan fingerprint density at radius 1 is 1.22 bits per heavy atom. The first-order chi connectivity index (χ1) is 13.2. The average molecular weight is 381 g/mol. The number of hydrogen-bond acceptors (Lipinski definition) is 5. The number of nitrogens with one attached hydrogen (secondary N) is 1. The Balaban J connectivity index is 1.74. The molecule has 136 valence electrons. The Labute approximate surface area is 160 Å². The third kappa shape index (κ3) is 5.15. The minimum atomic E-state index is -0.357. The van der Waals surface area contributed by atoms with E-state index in [2.05, 4.69) is 22.1 Å². The number of rotatable bonds is 7. The fraction of sp³-hybridized carbons (Fsp3) is 0.0500. The van der Waals surface area contributed by atoms with Gasteiger partial charge in [-0.3, -0.25) is 4.79 Å². The molecule has 0 aliphatic rings. The Hall–Kier alpha value is -3.19. The molecule has 0 unspecified atom stereocenters. The van der Waals surface area contributed by atoms with Crippen molar-refractivity contribution in [3.8, 4) is 11.5 Å². The summed E-state index contributed by atoms with van der Waals surface area (Å²) in [5.41, 5.74) is 1.75. The first-order valence-electron chi connectivity index (χ1n) is 8.07. The van der Waals surface area contributed by atoms with Crippen LogP contribution >= 0.6 is 11.8 Å². The van der Waals surface area contributed by atoms with E-state index in [0.717, 1.165) is 0 Å². The molecule has 1 aromatic heterocycles. The Morgan fingerprint density at radius 3 is 2.89 bits per heavy atom. The molecule has 0 bridgehead atoms. The minimum Gasteiger partial charge on any atom is -0.411 e. The van der Waals surface area contributed by atoms with E-state index in [-0.39, 0.29) is 11.7 Å². The molecule has 0 saturated heterocycles. The van der Waals surface area contributed by atoms with E-state index in [1.165, 1.54) is 36.0 Å². The van der Waals surface area contributed by atoms with Crippen molar-refractivity contribution in [3.63, 3.8) is 0 Å². The van der Waals surface area contributed by atoms with Crippen LogP contribution in [-0.2, 0) is 4.79 Å². The van der Waals surface area contributed by atoms with Gasteiger partial charge in [-0.05, 0) is 35.9 Å². The number of carbonyl (C=O) groups excluding carboxylic acids is 1. The summed E-state index contributed by atoms with van der Waals surface area (Å²) in [5, 5.41) is 11.2. The third-order valence-electron chi connectivity index (χ3n) is 3.42. The maximum absolute atomic E-state index is 13.2. The maximum Gasteiger partial charge on any atom is 0.277 e. The zero-order valence-corrected chi connectivity index (χ0v) is 15.1. The van der Waals surface area contributed by atoms with E-state index in [1.54, 1.807) is 36.4 Å². The zero-order chi connectivity index (χ0) is 19.1. The van der Waals surface area contributed by atoms with Crippen LogP contribution in [0.1, 0.15) is 5.56 Å². The quantitative estimate of drug-likeness (QED) is 0.361. The molecule has 2 aromatic carbocycles. The largest absolute Gasteiger partial charge is 0.411 e. The SMILES string of the molecule is C=CCSc1nnc(-c2ccccc2NC(=O)/C=C/c2cccc(F)c2)o1. The summed E-state index contributed by atoms with van der Waals surface area (Å²) in [6, 6.07) is 13.1. The normalized spacial score (nSPS) is 10.9. The minimum absolute atomic E-state index is 0.312. The van der Waals surface area contributed by atoms with Crippen LogP contribution in [0.5, 0.6) is 0 Å². The highest BCUT2D eigenvalue weighted by Crippen LogP contribution is 2.29. The first-order valence-corrected chi connectivity index (χ1v) is 9.05. The van der Waals surface area contributed by atoms with Crippen molar-refractivity contribution in [1.82, 2.24) is 10.2 Å². The van der Waals surface area contributed by atoms with Crippen LogP contribution in [0.15, 0.2) is 76.9 Å². The number of nitrogens with zero attached hydrogens (tertiary/aromatic N) is 2. The van der Waals surface area contributed by atoms with E-state index >= 15 is 0 Å². The molecule has 0 atom stereocenters. The average Bonchev–Trinajstić information content (AvgIpc) is 3.14. The van der Waals surface area contributed by atoms with Gasteiger partial charge in [0.15, 0.2) is 0 Å². The van der Waals surface area contributed by atoms with Crippen molar-refractivity contribution < 1.29 is 13.6 Å². The molecule has 0 saturated carbocycles. The van der Waals surface area contributed by atoms with Crippen molar-refractivity contribution in [2.24, 2.45) is 0 Å². The van der Waals surface area contributed by atoms with Crippen LogP contribution in [0, 0.1) is 5.82 Å². The van der Waals surface area contributed by atoms with Crippen LogP contribution in [0.25, 0.3) is 17.5 Å². The lowest BCUT2D eigenvalue weighted by Crippen LogP contribution is -2.08. The maximum atomic E-state index is 13.2. The monoisotopic (exact) mass is 381 g/mol. The van der Waals surface area contributed by atoms with Gasteiger partial charge in [0.25, 0.3) is 11.1 Å². The van der Waals surface area contributed by atoms with Gasteiger partial charge in [0.05, 0.1) is 11.3 Å². The fourth-order valence-corrected chi connectivity index (χ4v) is 2.74. The second kappa shape index (κ2) is 8.95. The molecule has 0 radical (unpaired) electrons. The summed E-state index contributed by atoms with van der Waals surface area (Å²) < 4.78 is 18.8. The lowest BCUT2D eigenvalue weighted by molar-refractivity contribution is -0.111. The second-order valence-corrected chi connectivity index (χ2v) is 6.37. The number of carbonyl (C=O) groups is 1. The van der Waals surface area contributed by atoms with Gasteiger partial charge in [0.2, 0.25) is 5.91 Å². The molecule has 27 heavy (non-hydrogen) atoms. The van der Waals surface area contributed by atoms with Gasteiger partial charge >= 0.3 is 0 Å². The van der Waals surface area contributed by atoms with Crippen molar-refractivity contribution in [2.75, 3.05) is 11.1 Å². The van der Waals surface area contributed by atoms with E-state index in [1.807, 2.05) is 6.07 Å². The number of amides is 1. The predicted octanol–water partition coefficient (Wildman–Crippen LogP) is 4.81. The van der Waals surface area contributed by atoms with Gasteiger partial charge in [-0.25, -0.2) is 4.39 Å². The number of para-hydroxylation sites is 1. The molecular weight excluding hydrogens is 365 g/mol. The lowest BCUT2D eigenvalue weighted by atomic mass is 10.1. The van der Waals surface area contributed by atoms with Crippen LogP contribution in [0.2, 0.25) is 0 Å². The number of thioether (sulfide) groups is 1. The highest BCUT2D eigenvalue weighted by Gasteiger charge is 2.13. The third-order valence-corrected chi connectivity index (χ3v) is 4.24. The molecule has 0 aliphatic carbocycles. The molecule has 3 aromatic rings. The van der Waals surface area contributed by atoms with Crippen molar-refractivity contribution in [2.45, 2.75) is 5.22 Å². The molecule has 7 heteroatoms. The molecule has 0 spiro atoms. The topological polar surface area (TPSA) is 68.0 Å². The number of anilines is 1. The Morgan fingerprint density at radius 2 is 2.07 bits per heavy atom. The van der Waals surface area contributed by atoms with Gasteiger partial charge in [-0.1, -0.05) is 42.1 Å². The molecule has 1 amide bonds.